The topological polar surface area (TPSA) is 55.0 Å². The molecule has 0 spiro atoms. The number of aromatic nitrogens is 2. The van der Waals surface area contributed by atoms with Crippen LogP contribution in [0.25, 0.3) is 26.4 Å². The highest BCUT2D eigenvalue weighted by atomic mass is 32.1. The molecule has 0 unspecified atom stereocenters. The van der Waals surface area contributed by atoms with Gasteiger partial charge in [0.25, 0.3) is 5.56 Å². The molecule has 3 aromatic rings. The standard InChI is InChI=1S/C16H14N2O2S/c1-3-20-10(2)14-17-15(19)12-9-13(21-16(12)18-14)11-7-5-4-6-8-11/h4-9H,2-3H2,1H3,(H,17,18,19). The molecule has 0 bridgehead atoms. The minimum atomic E-state index is -0.172. The molecule has 21 heavy (non-hydrogen) atoms. The summed E-state index contributed by atoms with van der Waals surface area (Å²) in [6.07, 6.45) is 0. The molecular weight excluding hydrogens is 284 g/mol. The number of hydrogen-bond acceptors (Lipinski definition) is 4. The van der Waals surface area contributed by atoms with E-state index in [0.717, 1.165) is 10.4 Å². The van der Waals surface area contributed by atoms with Gasteiger partial charge in [0, 0.05) is 4.88 Å². The zero-order valence-electron chi connectivity index (χ0n) is 11.6. The van der Waals surface area contributed by atoms with Crippen molar-refractivity contribution in [3.05, 3.63) is 59.2 Å². The number of H-pyrrole nitrogens is 1. The fourth-order valence-electron chi connectivity index (χ4n) is 2.05. The maximum Gasteiger partial charge on any atom is 0.260 e. The van der Waals surface area contributed by atoms with Crippen LogP contribution in [0.4, 0.5) is 0 Å². The van der Waals surface area contributed by atoms with Crippen molar-refractivity contribution >= 4 is 27.3 Å². The van der Waals surface area contributed by atoms with Gasteiger partial charge >= 0.3 is 0 Å². The third kappa shape index (κ3) is 2.60. The molecule has 0 amide bonds. The van der Waals surface area contributed by atoms with E-state index in [1.807, 2.05) is 43.3 Å². The summed E-state index contributed by atoms with van der Waals surface area (Å²) >= 11 is 1.49. The zero-order chi connectivity index (χ0) is 14.8. The molecule has 106 valence electrons. The van der Waals surface area contributed by atoms with Crippen LogP contribution in [0.3, 0.4) is 0 Å². The minimum absolute atomic E-state index is 0.172. The van der Waals surface area contributed by atoms with E-state index in [-0.39, 0.29) is 5.56 Å². The van der Waals surface area contributed by atoms with Crippen molar-refractivity contribution in [1.29, 1.82) is 0 Å². The fourth-order valence-corrected chi connectivity index (χ4v) is 3.09. The van der Waals surface area contributed by atoms with E-state index in [9.17, 15) is 4.79 Å². The van der Waals surface area contributed by atoms with Crippen molar-refractivity contribution in [2.45, 2.75) is 6.92 Å². The number of rotatable bonds is 4. The highest BCUT2D eigenvalue weighted by Gasteiger charge is 2.12. The van der Waals surface area contributed by atoms with Gasteiger partial charge in [-0.25, -0.2) is 4.98 Å². The summed E-state index contributed by atoms with van der Waals surface area (Å²) in [5, 5.41) is 0.590. The summed E-state index contributed by atoms with van der Waals surface area (Å²) in [6.45, 7) is 6.13. The van der Waals surface area contributed by atoms with Crippen LogP contribution < -0.4 is 5.56 Å². The summed E-state index contributed by atoms with van der Waals surface area (Å²) in [6, 6.07) is 11.8. The van der Waals surface area contributed by atoms with Crippen LogP contribution in [0.5, 0.6) is 0 Å². The van der Waals surface area contributed by atoms with E-state index in [1.54, 1.807) is 0 Å². The molecule has 0 atom stereocenters. The van der Waals surface area contributed by atoms with Gasteiger partial charge in [-0.05, 0) is 18.6 Å². The van der Waals surface area contributed by atoms with Crippen LogP contribution >= 0.6 is 11.3 Å². The lowest BCUT2D eigenvalue weighted by atomic mass is 10.2. The fraction of sp³-hybridized carbons (Fsp3) is 0.125. The lowest BCUT2D eigenvalue weighted by molar-refractivity contribution is 0.296. The van der Waals surface area contributed by atoms with Crippen LogP contribution in [0, 0.1) is 0 Å². The molecule has 0 fully saturated rings. The SMILES string of the molecule is C=C(OCC)c1nc2sc(-c3ccccc3)cc2c(=O)[nH]1. The Bertz CT molecular complexity index is 850. The second kappa shape index (κ2) is 5.54. The Morgan fingerprint density at radius 1 is 1.38 bits per heavy atom. The summed E-state index contributed by atoms with van der Waals surface area (Å²) in [4.78, 5) is 21.0. The lowest BCUT2D eigenvalue weighted by Crippen LogP contribution is -2.10. The normalized spacial score (nSPS) is 10.7. The van der Waals surface area contributed by atoms with Crippen molar-refractivity contribution in [2.24, 2.45) is 0 Å². The molecule has 0 radical (unpaired) electrons. The Hall–Kier alpha value is -2.40. The van der Waals surface area contributed by atoms with Gasteiger partial charge in [-0.3, -0.25) is 4.79 Å². The Kier molecular flexibility index (Phi) is 3.58. The molecule has 1 N–H and O–H groups in total. The maximum atomic E-state index is 12.2. The number of fused-ring (bicyclic) bond motifs is 1. The highest BCUT2D eigenvalue weighted by Crippen LogP contribution is 2.31. The van der Waals surface area contributed by atoms with Crippen molar-refractivity contribution in [3.63, 3.8) is 0 Å². The molecule has 1 aromatic carbocycles. The third-order valence-corrected chi connectivity index (χ3v) is 4.12. The largest absolute Gasteiger partial charge is 0.491 e. The first-order valence-corrected chi connectivity index (χ1v) is 7.42. The third-order valence-electron chi connectivity index (χ3n) is 3.04. The second-order valence-electron chi connectivity index (χ2n) is 4.47. The van der Waals surface area contributed by atoms with Crippen molar-refractivity contribution in [1.82, 2.24) is 9.97 Å². The van der Waals surface area contributed by atoms with E-state index in [1.165, 1.54) is 11.3 Å². The van der Waals surface area contributed by atoms with E-state index >= 15 is 0 Å². The molecule has 0 aliphatic carbocycles. The van der Waals surface area contributed by atoms with Gasteiger partial charge in [0.05, 0.1) is 12.0 Å². The van der Waals surface area contributed by atoms with Crippen LogP contribution in [0.1, 0.15) is 12.7 Å². The van der Waals surface area contributed by atoms with Gasteiger partial charge in [-0.15, -0.1) is 11.3 Å². The molecule has 3 rings (SSSR count). The Morgan fingerprint density at radius 2 is 2.14 bits per heavy atom. The molecule has 2 aromatic heterocycles. The number of nitrogens with one attached hydrogen (secondary N) is 1. The quantitative estimate of drug-likeness (QED) is 0.748. The van der Waals surface area contributed by atoms with E-state index in [2.05, 4.69) is 16.5 Å². The molecule has 2 heterocycles. The van der Waals surface area contributed by atoms with Crippen molar-refractivity contribution < 1.29 is 4.74 Å². The van der Waals surface area contributed by atoms with Gasteiger partial charge in [0.1, 0.15) is 4.83 Å². The first-order valence-electron chi connectivity index (χ1n) is 6.60. The van der Waals surface area contributed by atoms with Crippen molar-refractivity contribution in [2.75, 3.05) is 6.61 Å². The number of ether oxygens (including phenoxy) is 1. The van der Waals surface area contributed by atoms with Gasteiger partial charge in [0.15, 0.2) is 11.6 Å². The monoisotopic (exact) mass is 298 g/mol. The van der Waals surface area contributed by atoms with Gasteiger partial charge < -0.3 is 9.72 Å². The summed E-state index contributed by atoms with van der Waals surface area (Å²) in [5.74, 6) is 0.766. The number of nitrogens with zero attached hydrogens (tertiary/aromatic N) is 1. The number of benzene rings is 1. The van der Waals surface area contributed by atoms with Gasteiger partial charge in [-0.2, -0.15) is 0 Å². The smallest absolute Gasteiger partial charge is 0.260 e. The van der Waals surface area contributed by atoms with E-state index in [0.29, 0.717) is 28.4 Å². The van der Waals surface area contributed by atoms with Crippen LogP contribution in [0.15, 0.2) is 47.8 Å². The van der Waals surface area contributed by atoms with Crippen LogP contribution in [-0.4, -0.2) is 16.6 Å². The van der Waals surface area contributed by atoms with Gasteiger partial charge in [-0.1, -0.05) is 36.9 Å². The predicted molar refractivity (Wildman–Crippen MR) is 86.3 cm³/mol. The minimum Gasteiger partial charge on any atom is -0.491 e. The first-order chi connectivity index (χ1) is 10.2. The average molecular weight is 298 g/mol. The summed E-state index contributed by atoms with van der Waals surface area (Å²) in [5.41, 5.74) is 0.902. The van der Waals surface area contributed by atoms with Gasteiger partial charge in [0.2, 0.25) is 0 Å². The van der Waals surface area contributed by atoms with Crippen LogP contribution in [-0.2, 0) is 4.74 Å². The van der Waals surface area contributed by atoms with Crippen LogP contribution in [0.2, 0.25) is 0 Å². The lowest BCUT2D eigenvalue weighted by Gasteiger charge is -2.04. The van der Waals surface area contributed by atoms with E-state index < -0.39 is 0 Å². The average Bonchev–Trinajstić information content (AvgIpc) is 2.93. The molecule has 0 aliphatic heterocycles. The molecular formula is C16H14N2O2S. The summed E-state index contributed by atoms with van der Waals surface area (Å²) in [7, 11) is 0. The maximum absolute atomic E-state index is 12.2. The number of aromatic amines is 1. The highest BCUT2D eigenvalue weighted by molar-refractivity contribution is 7.21. The molecule has 0 saturated carbocycles. The molecule has 5 heteroatoms. The molecule has 4 nitrogen and oxygen atoms in total. The Balaban J connectivity index is 2.12. The molecule has 0 saturated heterocycles. The second-order valence-corrected chi connectivity index (χ2v) is 5.50. The Morgan fingerprint density at radius 3 is 2.86 bits per heavy atom. The number of thiophene rings is 1. The van der Waals surface area contributed by atoms with Crippen molar-refractivity contribution in [3.8, 4) is 10.4 Å². The Labute approximate surface area is 125 Å². The first kappa shape index (κ1) is 13.6. The van der Waals surface area contributed by atoms with E-state index in [4.69, 9.17) is 4.74 Å². The molecule has 0 aliphatic rings. The predicted octanol–water partition coefficient (Wildman–Crippen LogP) is 3.66. The summed E-state index contributed by atoms with van der Waals surface area (Å²) < 4.78 is 5.30. The number of hydrogen-bond donors (Lipinski definition) is 1. The zero-order valence-corrected chi connectivity index (χ0v) is 12.4.